The first-order valence-electron chi connectivity index (χ1n) is 6.98. The van der Waals surface area contributed by atoms with Gasteiger partial charge in [-0.1, -0.05) is 0 Å². The van der Waals surface area contributed by atoms with Crippen LogP contribution in [0.2, 0.25) is 0 Å². The van der Waals surface area contributed by atoms with Crippen LogP contribution in [0.15, 0.2) is 30.6 Å². The number of nitrogens with zero attached hydrogens (tertiary/aromatic N) is 2. The van der Waals surface area contributed by atoms with Crippen LogP contribution in [-0.2, 0) is 0 Å². The Kier molecular flexibility index (Phi) is 3.71. The molecule has 1 aliphatic heterocycles. The van der Waals surface area contributed by atoms with Crippen molar-refractivity contribution in [2.45, 2.75) is 24.5 Å². The molecule has 1 fully saturated rings. The third kappa shape index (κ3) is 2.81. The second kappa shape index (κ2) is 5.52. The fraction of sp³-hybridized carbons (Fsp3) is 0.400. The van der Waals surface area contributed by atoms with Gasteiger partial charge in [0.05, 0.1) is 10.3 Å². The van der Waals surface area contributed by atoms with E-state index in [2.05, 4.69) is 17.2 Å². The van der Waals surface area contributed by atoms with E-state index in [0.29, 0.717) is 5.39 Å². The number of anilines is 1. The largest absolute Gasteiger partial charge is 0.383 e. The van der Waals surface area contributed by atoms with Crippen LogP contribution in [0.3, 0.4) is 0 Å². The Balaban J connectivity index is 1.92. The van der Waals surface area contributed by atoms with E-state index in [-0.39, 0.29) is 15.4 Å². The van der Waals surface area contributed by atoms with Gasteiger partial charge in [-0.15, -0.1) is 0 Å². The predicted octanol–water partition coefficient (Wildman–Crippen LogP) is 3.84. The smallest absolute Gasteiger partial charge is 0.277 e. The van der Waals surface area contributed by atoms with Gasteiger partial charge in [-0.3, -0.25) is 15.1 Å². The van der Waals surface area contributed by atoms with Gasteiger partial charge in [0.2, 0.25) is 0 Å². The van der Waals surface area contributed by atoms with E-state index < -0.39 is 0 Å². The van der Waals surface area contributed by atoms with Gasteiger partial charge in [0, 0.05) is 40.8 Å². The SMILES string of the molecule is CC1(CNc2ccc([N+](=O)[O-])c3ccncc23)CCCS1. The molecule has 1 N–H and O–H groups in total. The summed E-state index contributed by atoms with van der Waals surface area (Å²) in [6.45, 7) is 3.13. The van der Waals surface area contributed by atoms with E-state index in [0.717, 1.165) is 17.6 Å². The topological polar surface area (TPSA) is 68.1 Å². The normalized spacial score (nSPS) is 21.6. The van der Waals surface area contributed by atoms with Crippen LogP contribution in [0.4, 0.5) is 11.4 Å². The van der Waals surface area contributed by atoms with Crippen molar-refractivity contribution >= 4 is 33.9 Å². The molecule has 0 spiro atoms. The molecule has 1 atom stereocenters. The highest BCUT2D eigenvalue weighted by atomic mass is 32.2. The molecule has 1 unspecified atom stereocenters. The van der Waals surface area contributed by atoms with E-state index in [4.69, 9.17) is 0 Å². The Morgan fingerprint density at radius 3 is 3.00 bits per heavy atom. The molecule has 21 heavy (non-hydrogen) atoms. The lowest BCUT2D eigenvalue weighted by Gasteiger charge is -2.24. The molecule has 0 saturated carbocycles. The number of rotatable bonds is 4. The monoisotopic (exact) mass is 303 g/mol. The minimum absolute atomic E-state index is 0.124. The van der Waals surface area contributed by atoms with Gasteiger partial charge in [0.15, 0.2) is 0 Å². The van der Waals surface area contributed by atoms with E-state index in [1.807, 2.05) is 11.8 Å². The number of hydrogen-bond acceptors (Lipinski definition) is 5. The molecule has 0 bridgehead atoms. The van der Waals surface area contributed by atoms with Crippen molar-refractivity contribution in [3.63, 3.8) is 0 Å². The summed E-state index contributed by atoms with van der Waals surface area (Å²) in [5, 5.41) is 16.0. The van der Waals surface area contributed by atoms with Crippen LogP contribution in [0.1, 0.15) is 19.8 Å². The lowest BCUT2D eigenvalue weighted by molar-refractivity contribution is -0.383. The van der Waals surface area contributed by atoms with Gasteiger partial charge >= 0.3 is 0 Å². The van der Waals surface area contributed by atoms with Gasteiger partial charge in [-0.2, -0.15) is 11.8 Å². The molecule has 110 valence electrons. The van der Waals surface area contributed by atoms with Gasteiger partial charge in [0.25, 0.3) is 5.69 Å². The van der Waals surface area contributed by atoms with Crippen molar-refractivity contribution < 1.29 is 4.92 Å². The third-order valence-electron chi connectivity index (χ3n) is 3.95. The molecule has 5 nitrogen and oxygen atoms in total. The highest BCUT2D eigenvalue weighted by molar-refractivity contribution is 8.00. The average Bonchev–Trinajstić information content (AvgIpc) is 2.91. The zero-order chi connectivity index (χ0) is 14.9. The number of nitrogens with one attached hydrogen (secondary N) is 1. The number of nitro groups is 1. The van der Waals surface area contributed by atoms with E-state index in [1.54, 1.807) is 30.6 Å². The van der Waals surface area contributed by atoms with E-state index in [1.165, 1.54) is 18.6 Å². The zero-order valence-corrected chi connectivity index (χ0v) is 12.7. The number of fused-ring (bicyclic) bond motifs is 1. The Morgan fingerprint density at radius 2 is 2.29 bits per heavy atom. The number of thioether (sulfide) groups is 1. The van der Waals surface area contributed by atoms with Crippen molar-refractivity contribution in [1.29, 1.82) is 0 Å². The van der Waals surface area contributed by atoms with Gasteiger partial charge in [-0.05, 0) is 37.7 Å². The quantitative estimate of drug-likeness (QED) is 0.686. The second-order valence-corrected chi connectivity index (χ2v) is 7.25. The summed E-state index contributed by atoms with van der Waals surface area (Å²) in [4.78, 5) is 14.9. The third-order valence-corrected chi connectivity index (χ3v) is 5.48. The predicted molar refractivity (Wildman–Crippen MR) is 87.0 cm³/mol. The van der Waals surface area contributed by atoms with Gasteiger partial charge in [0.1, 0.15) is 0 Å². The van der Waals surface area contributed by atoms with Crippen LogP contribution >= 0.6 is 11.8 Å². The highest BCUT2D eigenvalue weighted by Crippen LogP contribution is 2.38. The number of hydrogen-bond donors (Lipinski definition) is 1. The summed E-state index contributed by atoms with van der Waals surface area (Å²) < 4.78 is 0.246. The van der Waals surface area contributed by atoms with Crippen LogP contribution in [0, 0.1) is 10.1 Å². The number of nitro benzene ring substituents is 1. The molecule has 1 aromatic heterocycles. The molecule has 0 aliphatic carbocycles. The molecule has 1 aromatic carbocycles. The second-order valence-electron chi connectivity index (χ2n) is 5.57. The minimum Gasteiger partial charge on any atom is -0.383 e. The zero-order valence-electron chi connectivity index (χ0n) is 11.8. The minimum atomic E-state index is -0.347. The molecule has 1 saturated heterocycles. The molecule has 0 radical (unpaired) electrons. The number of benzene rings is 1. The first kappa shape index (κ1) is 14.1. The molecule has 0 amide bonds. The van der Waals surface area contributed by atoms with Crippen LogP contribution < -0.4 is 5.32 Å². The van der Waals surface area contributed by atoms with Crippen molar-refractivity contribution in [3.05, 3.63) is 40.7 Å². The molecule has 2 heterocycles. The molecule has 3 rings (SSSR count). The molecule has 1 aliphatic rings. The van der Waals surface area contributed by atoms with Crippen molar-refractivity contribution in [3.8, 4) is 0 Å². The van der Waals surface area contributed by atoms with E-state index in [9.17, 15) is 10.1 Å². The Hall–Kier alpha value is -1.82. The van der Waals surface area contributed by atoms with Gasteiger partial charge < -0.3 is 5.32 Å². The average molecular weight is 303 g/mol. The lowest BCUT2D eigenvalue weighted by atomic mass is 10.0. The highest BCUT2D eigenvalue weighted by Gasteiger charge is 2.29. The fourth-order valence-electron chi connectivity index (χ4n) is 2.75. The maximum absolute atomic E-state index is 11.1. The molecular formula is C15H17N3O2S. The maximum Gasteiger partial charge on any atom is 0.277 e. The first-order valence-corrected chi connectivity index (χ1v) is 7.97. The number of pyridine rings is 1. The maximum atomic E-state index is 11.1. The summed E-state index contributed by atoms with van der Waals surface area (Å²) in [5.74, 6) is 1.21. The van der Waals surface area contributed by atoms with E-state index >= 15 is 0 Å². The van der Waals surface area contributed by atoms with Crippen molar-refractivity contribution in [2.75, 3.05) is 17.6 Å². The Labute approximate surface area is 127 Å². The summed E-state index contributed by atoms with van der Waals surface area (Å²) in [6, 6.07) is 5.05. The molecule has 6 heteroatoms. The molecular weight excluding hydrogens is 286 g/mol. The van der Waals surface area contributed by atoms with Crippen molar-refractivity contribution in [1.82, 2.24) is 4.98 Å². The summed E-state index contributed by atoms with van der Waals surface area (Å²) in [6.07, 6.45) is 5.74. The lowest BCUT2D eigenvalue weighted by Crippen LogP contribution is -2.27. The first-order chi connectivity index (χ1) is 10.1. The van der Waals surface area contributed by atoms with Crippen LogP contribution in [0.25, 0.3) is 10.8 Å². The number of aromatic nitrogens is 1. The Morgan fingerprint density at radius 1 is 1.43 bits per heavy atom. The fourth-order valence-corrected chi connectivity index (χ4v) is 3.99. The molecule has 2 aromatic rings. The van der Waals surface area contributed by atoms with Gasteiger partial charge in [-0.25, -0.2) is 0 Å². The number of non-ortho nitro benzene ring substituents is 1. The van der Waals surface area contributed by atoms with Crippen LogP contribution in [0.5, 0.6) is 0 Å². The van der Waals surface area contributed by atoms with Crippen molar-refractivity contribution in [2.24, 2.45) is 0 Å². The standard InChI is InChI=1S/C15H17N3O2S/c1-15(6-2-8-21-15)10-17-13-3-4-14(18(19)20)11-5-7-16-9-12(11)13/h3-5,7,9,17H,2,6,8,10H2,1H3. The summed E-state index contributed by atoms with van der Waals surface area (Å²) in [5.41, 5.74) is 1.04. The Bertz CT molecular complexity index is 684. The summed E-state index contributed by atoms with van der Waals surface area (Å²) >= 11 is 1.99. The van der Waals surface area contributed by atoms with Crippen LogP contribution in [-0.4, -0.2) is 27.0 Å². The summed E-state index contributed by atoms with van der Waals surface area (Å²) in [7, 11) is 0.